The van der Waals surface area contributed by atoms with Gasteiger partial charge in [-0.25, -0.2) is 4.39 Å². The Morgan fingerprint density at radius 1 is 1.25 bits per heavy atom. The second-order valence-corrected chi connectivity index (χ2v) is 5.18. The minimum absolute atomic E-state index is 0.259. The summed E-state index contributed by atoms with van der Waals surface area (Å²) in [5.74, 6) is -0.256. The molecule has 0 aliphatic carbocycles. The number of methoxy groups -OCH3 is 1. The second-order valence-electron chi connectivity index (χ2n) is 4.26. The van der Waals surface area contributed by atoms with Crippen LogP contribution in [-0.4, -0.2) is 13.0 Å². The van der Waals surface area contributed by atoms with Gasteiger partial charge in [0.25, 0.3) is 5.91 Å². The van der Waals surface area contributed by atoms with Gasteiger partial charge in [0.15, 0.2) is 0 Å². The lowest BCUT2D eigenvalue weighted by atomic mass is 10.1. The Morgan fingerprint density at radius 3 is 2.65 bits per heavy atom. The lowest BCUT2D eigenvalue weighted by Gasteiger charge is -2.11. The fourth-order valence-corrected chi connectivity index (χ4v) is 2.07. The van der Waals surface area contributed by atoms with Gasteiger partial charge >= 0.3 is 0 Å². The zero-order valence-corrected chi connectivity index (χ0v) is 12.6. The maximum Gasteiger partial charge on any atom is 0.255 e. The van der Waals surface area contributed by atoms with E-state index in [0.717, 1.165) is 4.47 Å². The van der Waals surface area contributed by atoms with Crippen LogP contribution < -0.4 is 10.1 Å². The number of hydrogen-bond acceptors (Lipinski definition) is 2. The van der Waals surface area contributed by atoms with Gasteiger partial charge in [0.2, 0.25) is 0 Å². The maximum absolute atomic E-state index is 13.5. The summed E-state index contributed by atoms with van der Waals surface area (Å²) >= 11 is 3.33. The second kappa shape index (κ2) is 6.05. The SMILES string of the molecule is COc1ccc(Br)cc1NC(=O)c1ccc(C)c(F)c1. The molecular formula is C15H13BrFNO2. The van der Waals surface area contributed by atoms with Gasteiger partial charge in [-0.2, -0.15) is 0 Å². The molecule has 0 fully saturated rings. The number of aryl methyl sites for hydroxylation is 1. The number of nitrogens with one attached hydrogen (secondary N) is 1. The highest BCUT2D eigenvalue weighted by Crippen LogP contribution is 2.28. The largest absolute Gasteiger partial charge is 0.495 e. The highest BCUT2D eigenvalue weighted by molar-refractivity contribution is 9.10. The van der Waals surface area contributed by atoms with E-state index in [-0.39, 0.29) is 11.5 Å². The quantitative estimate of drug-likeness (QED) is 0.913. The van der Waals surface area contributed by atoms with Crippen molar-refractivity contribution in [3.8, 4) is 5.75 Å². The fraction of sp³-hybridized carbons (Fsp3) is 0.133. The maximum atomic E-state index is 13.5. The average molecular weight is 338 g/mol. The van der Waals surface area contributed by atoms with Crippen molar-refractivity contribution < 1.29 is 13.9 Å². The van der Waals surface area contributed by atoms with Crippen LogP contribution in [0, 0.1) is 12.7 Å². The number of halogens is 2. The van der Waals surface area contributed by atoms with Crippen molar-refractivity contribution in [2.45, 2.75) is 6.92 Å². The zero-order chi connectivity index (χ0) is 14.7. The first-order valence-corrected chi connectivity index (χ1v) is 6.71. The Morgan fingerprint density at radius 2 is 2.00 bits per heavy atom. The van der Waals surface area contributed by atoms with Crippen LogP contribution in [0.1, 0.15) is 15.9 Å². The highest BCUT2D eigenvalue weighted by atomic mass is 79.9. The van der Waals surface area contributed by atoms with Gasteiger partial charge in [-0.1, -0.05) is 22.0 Å². The molecule has 0 aliphatic rings. The Bertz CT molecular complexity index is 658. The van der Waals surface area contributed by atoms with Crippen molar-refractivity contribution in [3.05, 3.63) is 57.8 Å². The number of ether oxygens (including phenoxy) is 1. The first-order valence-electron chi connectivity index (χ1n) is 5.92. The molecular weight excluding hydrogens is 325 g/mol. The van der Waals surface area contributed by atoms with Gasteiger partial charge in [0, 0.05) is 10.0 Å². The van der Waals surface area contributed by atoms with Gasteiger partial charge in [-0.05, 0) is 42.8 Å². The number of hydrogen-bond donors (Lipinski definition) is 1. The summed E-state index contributed by atoms with van der Waals surface area (Å²) in [5, 5.41) is 2.70. The third-order valence-electron chi connectivity index (χ3n) is 2.84. The van der Waals surface area contributed by atoms with E-state index in [0.29, 0.717) is 17.0 Å². The summed E-state index contributed by atoms with van der Waals surface area (Å²) < 4.78 is 19.5. The first-order chi connectivity index (χ1) is 9.51. The molecule has 104 valence electrons. The lowest BCUT2D eigenvalue weighted by molar-refractivity contribution is 0.102. The number of carbonyl (C=O) groups excluding carboxylic acids is 1. The van der Waals surface area contributed by atoms with E-state index >= 15 is 0 Å². The molecule has 0 unspecified atom stereocenters. The summed E-state index contributed by atoms with van der Waals surface area (Å²) in [5.41, 5.74) is 1.28. The fourth-order valence-electron chi connectivity index (χ4n) is 1.71. The van der Waals surface area contributed by atoms with Crippen molar-refractivity contribution in [1.29, 1.82) is 0 Å². The molecule has 0 radical (unpaired) electrons. The number of anilines is 1. The van der Waals surface area contributed by atoms with E-state index in [1.54, 1.807) is 37.3 Å². The summed E-state index contributed by atoms with van der Waals surface area (Å²) in [6, 6.07) is 9.63. The van der Waals surface area contributed by atoms with Crippen LogP contribution in [0.25, 0.3) is 0 Å². The van der Waals surface area contributed by atoms with Crippen molar-refractivity contribution in [2.24, 2.45) is 0 Å². The summed E-state index contributed by atoms with van der Waals surface area (Å²) in [4.78, 5) is 12.1. The summed E-state index contributed by atoms with van der Waals surface area (Å²) in [7, 11) is 1.52. The molecule has 20 heavy (non-hydrogen) atoms. The number of amides is 1. The van der Waals surface area contributed by atoms with E-state index in [1.807, 2.05) is 0 Å². The summed E-state index contributed by atoms with van der Waals surface area (Å²) in [6.07, 6.45) is 0. The van der Waals surface area contributed by atoms with Crippen LogP contribution in [0.2, 0.25) is 0 Å². The topological polar surface area (TPSA) is 38.3 Å². The smallest absolute Gasteiger partial charge is 0.255 e. The number of rotatable bonds is 3. The minimum atomic E-state index is -0.404. The molecule has 0 aromatic heterocycles. The molecule has 0 aliphatic heterocycles. The predicted molar refractivity (Wildman–Crippen MR) is 79.8 cm³/mol. The predicted octanol–water partition coefficient (Wildman–Crippen LogP) is 4.16. The van der Waals surface area contributed by atoms with Crippen molar-refractivity contribution in [1.82, 2.24) is 0 Å². The molecule has 0 saturated carbocycles. The van der Waals surface area contributed by atoms with Crippen LogP contribution in [0.4, 0.5) is 10.1 Å². The minimum Gasteiger partial charge on any atom is -0.495 e. The Hall–Kier alpha value is -1.88. The normalized spacial score (nSPS) is 10.2. The van der Waals surface area contributed by atoms with Crippen molar-refractivity contribution >= 4 is 27.5 Å². The molecule has 2 rings (SSSR count). The standard InChI is InChI=1S/C15H13BrFNO2/c1-9-3-4-10(7-12(9)17)15(19)18-13-8-11(16)5-6-14(13)20-2/h3-8H,1-2H3,(H,18,19). The van der Waals surface area contributed by atoms with Crippen molar-refractivity contribution in [3.63, 3.8) is 0 Å². The highest BCUT2D eigenvalue weighted by Gasteiger charge is 2.11. The number of carbonyl (C=O) groups is 1. The Balaban J connectivity index is 2.27. The molecule has 0 bridgehead atoms. The zero-order valence-electron chi connectivity index (χ0n) is 11.0. The monoisotopic (exact) mass is 337 g/mol. The molecule has 0 heterocycles. The third-order valence-corrected chi connectivity index (χ3v) is 3.34. The van der Waals surface area contributed by atoms with Gasteiger partial charge in [0.05, 0.1) is 12.8 Å². The van der Waals surface area contributed by atoms with Crippen molar-refractivity contribution in [2.75, 3.05) is 12.4 Å². The third kappa shape index (κ3) is 3.17. The van der Waals surface area contributed by atoms with Crippen LogP contribution in [0.15, 0.2) is 40.9 Å². The van der Waals surface area contributed by atoms with Crippen LogP contribution in [0.3, 0.4) is 0 Å². The first kappa shape index (κ1) is 14.5. The van der Waals surface area contributed by atoms with Gasteiger partial charge < -0.3 is 10.1 Å². The van der Waals surface area contributed by atoms with E-state index < -0.39 is 5.82 Å². The van der Waals surface area contributed by atoms with Gasteiger partial charge in [-0.15, -0.1) is 0 Å². The van der Waals surface area contributed by atoms with Crippen LogP contribution >= 0.6 is 15.9 Å². The molecule has 1 N–H and O–H groups in total. The van der Waals surface area contributed by atoms with Gasteiger partial charge in [0.1, 0.15) is 11.6 Å². The molecule has 0 spiro atoms. The Kier molecular flexibility index (Phi) is 4.39. The van der Waals surface area contributed by atoms with E-state index in [2.05, 4.69) is 21.2 Å². The molecule has 5 heteroatoms. The lowest BCUT2D eigenvalue weighted by Crippen LogP contribution is -2.13. The number of benzene rings is 2. The summed E-state index contributed by atoms with van der Waals surface area (Å²) in [6.45, 7) is 1.65. The molecule has 3 nitrogen and oxygen atoms in total. The van der Waals surface area contributed by atoms with Gasteiger partial charge in [-0.3, -0.25) is 4.79 Å². The molecule has 2 aromatic carbocycles. The average Bonchev–Trinajstić information content (AvgIpc) is 2.42. The van der Waals surface area contributed by atoms with E-state index in [4.69, 9.17) is 4.74 Å². The van der Waals surface area contributed by atoms with Crippen LogP contribution in [0.5, 0.6) is 5.75 Å². The Labute approximate surface area is 124 Å². The van der Waals surface area contributed by atoms with Crippen LogP contribution in [-0.2, 0) is 0 Å². The van der Waals surface area contributed by atoms with E-state index in [9.17, 15) is 9.18 Å². The molecule has 0 atom stereocenters. The molecule has 1 amide bonds. The molecule has 0 saturated heterocycles. The molecule has 2 aromatic rings. The van der Waals surface area contributed by atoms with E-state index in [1.165, 1.54) is 13.2 Å².